The van der Waals surface area contributed by atoms with Gasteiger partial charge in [0.1, 0.15) is 0 Å². The van der Waals surface area contributed by atoms with Crippen molar-refractivity contribution in [2.75, 3.05) is 11.8 Å². The fraction of sp³-hybridized carbons (Fsp3) is 0.0588. The molecule has 1 amide bonds. The molecule has 3 N–H and O–H groups in total. The van der Waals surface area contributed by atoms with Crippen LogP contribution in [0, 0.1) is 0 Å². The third-order valence-corrected chi connectivity index (χ3v) is 5.02. The number of ether oxygens (including phenoxy) is 1. The molecule has 0 radical (unpaired) electrons. The van der Waals surface area contributed by atoms with Crippen molar-refractivity contribution in [1.29, 1.82) is 0 Å². The van der Waals surface area contributed by atoms with Crippen molar-refractivity contribution >= 4 is 32.4 Å². The minimum atomic E-state index is -3.79. The van der Waals surface area contributed by atoms with Gasteiger partial charge in [-0.2, -0.15) is 0 Å². The number of nitrogens with two attached hydrogens (primary N) is 1. The number of nitrogens with zero attached hydrogens (tertiary/aromatic N) is 1. The highest BCUT2D eigenvalue weighted by atomic mass is 32.2. The fourth-order valence-corrected chi connectivity index (χ4v) is 3.44. The SMILES string of the molecule is COc1nccc2cc(NS(=O)(=O)c3ccc(C(N)=O)cc3)ccc12. The number of carbonyl (C=O) groups is 1. The van der Waals surface area contributed by atoms with Crippen LogP contribution in [0.1, 0.15) is 10.4 Å². The maximum absolute atomic E-state index is 12.5. The summed E-state index contributed by atoms with van der Waals surface area (Å²) in [5, 5.41) is 1.56. The van der Waals surface area contributed by atoms with E-state index in [1.165, 1.54) is 31.4 Å². The average Bonchev–Trinajstić information content (AvgIpc) is 2.60. The molecule has 0 saturated carbocycles. The molecule has 0 aliphatic heterocycles. The summed E-state index contributed by atoms with van der Waals surface area (Å²) in [5.74, 6) is -0.150. The van der Waals surface area contributed by atoms with Crippen LogP contribution in [0.5, 0.6) is 5.88 Å². The standard InChI is InChI=1S/C17H15N3O4S/c1-24-17-15-7-4-13(10-12(15)8-9-19-17)20-25(22,23)14-5-2-11(3-6-14)16(18)21/h2-10,20H,1H3,(H2,18,21). The van der Waals surface area contributed by atoms with E-state index in [4.69, 9.17) is 10.5 Å². The molecule has 0 aliphatic carbocycles. The molecule has 3 aromatic rings. The van der Waals surface area contributed by atoms with Gasteiger partial charge in [-0.25, -0.2) is 13.4 Å². The summed E-state index contributed by atoms with van der Waals surface area (Å²) in [5.41, 5.74) is 5.80. The second-order valence-corrected chi connectivity index (χ2v) is 6.93. The molecule has 25 heavy (non-hydrogen) atoms. The summed E-state index contributed by atoms with van der Waals surface area (Å²) in [6.07, 6.45) is 1.59. The van der Waals surface area contributed by atoms with Gasteiger partial charge in [0.2, 0.25) is 11.8 Å². The molecule has 0 aliphatic rings. The Bertz CT molecular complexity index is 1050. The Morgan fingerprint density at radius 1 is 1.12 bits per heavy atom. The number of pyridine rings is 1. The highest BCUT2D eigenvalue weighted by molar-refractivity contribution is 7.92. The molecular formula is C17H15N3O4S. The second-order valence-electron chi connectivity index (χ2n) is 5.25. The Morgan fingerprint density at radius 3 is 2.48 bits per heavy atom. The van der Waals surface area contributed by atoms with Crippen LogP contribution < -0.4 is 15.2 Å². The zero-order valence-corrected chi connectivity index (χ0v) is 14.1. The first-order chi connectivity index (χ1) is 11.9. The molecule has 3 rings (SSSR count). The number of aromatic nitrogens is 1. The summed E-state index contributed by atoms with van der Waals surface area (Å²) < 4.78 is 32.6. The number of fused-ring (bicyclic) bond motifs is 1. The Labute approximate surface area is 144 Å². The Kier molecular flexibility index (Phi) is 4.28. The number of amides is 1. The normalized spacial score (nSPS) is 11.2. The first-order valence-electron chi connectivity index (χ1n) is 7.26. The molecule has 1 aromatic heterocycles. The summed E-state index contributed by atoms with van der Waals surface area (Å²) in [6.45, 7) is 0. The first kappa shape index (κ1) is 16.7. The fourth-order valence-electron chi connectivity index (χ4n) is 2.39. The van der Waals surface area contributed by atoms with Gasteiger partial charge in [0.05, 0.1) is 12.0 Å². The van der Waals surface area contributed by atoms with E-state index in [2.05, 4.69) is 9.71 Å². The lowest BCUT2D eigenvalue weighted by Gasteiger charge is -2.10. The monoisotopic (exact) mass is 357 g/mol. The molecule has 7 nitrogen and oxygen atoms in total. The van der Waals surface area contributed by atoms with E-state index in [0.29, 0.717) is 11.6 Å². The van der Waals surface area contributed by atoms with Crippen LogP contribution in [0.15, 0.2) is 59.6 Å². The van der Waals surface area contributed by atoms with Gasteiger partial charge in [-0.3, -0.25) is 9.52 Å². The number of hydrogen-bond acceptors (Lipinski definition) is 5. The first-order valence-corrected chi connectivity index (χ1v) is 8.74. The van der Waals surface area contributed by atoms with Crippen molar-refractivity contribution < 1.29 is 17.9 Å². The lowest BCUT2D eigenvalue weighted by atomic mass is 10.1. The van der Waals surface area contributed by atoms with Gasteiger partial charge in [-0.15, -0.1) is 0 Å². The van der Waals surface area contributed by atoms with Gasteiger partial charge < -0.3 is 10.5 Å². The lowest BCUT2D eigenvalue weighted by molar-refractivity contribution is 0.1000. The molecule has 128 valence electrons. The minimum absolute atomic E-state index is 0.0323. The summed E-state index contributed by atoms with van der Waals surface area (Å²) in [6, 6.07) is 12.2. The number of sulfonamides is 1. The Balaban J connectivity index is 1.92. The quantitative estimate of drug-likeness (QED) is 0.727. The summed E-state index contributed by atoms with van der Waals surface area (Å²) >= 11 is 0. The Morgan fingerprint density at radius 2 is 1.84 bits per heavy atom. The van der Waals surface area contributed by atoms with Crippen molar-refractivity contribution in [3.05, 3.63) is 60.3 Å². The van der Waals surface area contributed by atoms with Gasteiger partial charge in [-0.1, -0.05) is 0 Å². The smallest absolute Gasteiger partial charge is 0.261 e. The van der Waals surface area contributed by atoms with E-state index >= 15 is 0 Å². The van der Waals surface area contributed by atoms with E-state index in [-0.39, 0.29) is 10.5 Å². The third kappa shape index (κ3) is 3.38. The van der Waals surface area contributed by atoms with Crippen molar-refractivity contribution in [3.63, 3.8) is 0 Å². The molecule has 8 heteroatoms. The number of nitrogens with one attached hydrogen (secondary N) is 1. The molecule has 0 unspecified atom stereocenters. The molecule has 0 atom stereocenters. The number of carbonyl (C=O) groups excluding carboxylic acids is 1. The molecule has 0 bridgehead atoms. The van der Waals surface area contributed by atoms with Crippen LogP contribution in [-0.2, 0) is 10.0 Å². The van der Waals surface area contributed by atoms with Gasteiger partial charge in [0.25, 0.3) is 10.0 Å². The summed E-state index contributed by atoms with van der Waals surface area (Å²) in [4.78, 5) is 15.2. The third-order valence-electron chi connectivity index (χ3n) is 3.62. The number of primary amides is 1. The second kappa shape index (κ2) is 6.40. The van der Waals surface area contributed by atoms with Crippen LogP contribution in [0.2, 0.25) is 0 Å². The zero-order valence-electron chi connectivity index (χ0n) is 13.3. The maximum atomic E-state index is 12.5. The van der Waals surface area contributed by atoms with E-state index < -0.39 is 15.9 Å². The number of anilines is 1. The van der Waals surface area contributed by atoms with Crippen LogP contribution in [0.4, 0.5) is 5.69 Å². The molecule has 1 heterocycles. The molecular weight excluding hydrogens is 342 g/mol. The largest absolute Gasteiger partial charge is 0.481 e. The van der Waals surface area contributed by atoms with Crippen LogP contribution >= 0.6 is 0 Å². The lowest BCUT2D eigenvalue weighted by Crippen LogP contribution is -2.14. The number of hydrogen-bond donors (Lipinski definition) is 2. The average molecular weight is 357 g/mol. The highest BCUT2D eigenvalue weighted by Crippen LogP contribution is 2.26. The number of benzene rings is 2. The van der Waals surface area contributed by atoms with Gasteiger partial charge in [0, 0.05) is 22.8 Å². The topological polar surface area (TPSA) is 111 Å². The molecule has 0 fully saturated rings. The molecule has 2 aromatic carbocycles. The summed E-state index contributed by atoms with van der Waals surface area (Å²) in [7, 11) is -2.27. The van der Waals surface area contributed by atoms with Crippen molar-refractivity contribution in [3.8, 4) is 5.88 Å². The predicted molar refractivity (Wildman–Crippen MR) is 94.1 cm³/mol. The van der Waals surface area contributed by atoms with Crippen molar-refractivity contribution in [1.82, 2.24) is 4.98 Å². The number of rotatable bonds is 5. The van der Waals surface area contributed by atoms with E-state index in [0.717, 1.165) is 10.8 Å². The van der Waals surface area contributed by atoms with Gasteiger partial charge >= 0.3 is 0 Å². The minimum Gasteiger partial charge on any atom is -0.481 e. The molecule has 0 spiro atoms. The predicted octanol–water partition coefficient (Wildman–Crippen LogP) is 2.14. The van der Waals surface area contributed by atoms with E-state index in [1.54, 1.807) is 30.5 Å². The van der Waals surface area contributed by atoms with Crippen molar-refractivity contribution in [2.45, 2.75) is 4.90 Å². The van der Waals surface area contributed by atoms with E-state index in [1.807, 2.05) is 0 Å². The Hall–Kier alpha value is -3.13. The number of methoxy groups -OCH3 is 1. The van der Waals surface area contributed by atoms with Crippen LogP contribution in [-0.4, -0.2) is 26.4 Å². The highest BCUT2D eigenvalue weighted by Gasteiger charge is 2.15. The van der Waals surface area contributed by atoms with Gasteiger partial charge in [-0.05, 0) is 53.9 Å². The molecule has 0 saturated heterocycles. The maximum Gasteiger partial charge on any atom is 0.261 e. The van der Waals surface area contributed by atoms with Crippen LogP contribution in [0.25, 0.3) is 10.8 Å². The van der Waals surface area contributed by atoms with E-state index in [9.17, 15) is 13.2 Å². The van der Waals surface area contributed by atoms with Crippen LogP contribution in [0.3, 0.4) is 0 Å². The van der Waals surface area contributed by atoms with Crippen molar-refractivity contribution in [2.24, 2.45) is 5.73 Å². The van der Waals surface area contributed by atoms with Gasteiger partial charge in [0.15, 0.2) is 0 Å². The zero-order chi connectivity index (χ0) is 18.0.